The van der Waals surface area contributed by atoms with Gasteiger partial charge in [0.1, 0.15) is 35.9 Å². The first-order chi connectivity index (χ1) is 19.8. The van der Waals surface area contributed by atoms with Gasteiger partial charge < -0.3 is 24.3 Å². The van der Waals surface area contributed by atoms with Gasteiger partial charge in [0.25, 0.3) is 0 Å². The van der Waals surface area contributed by atoms with E-state index in [2.05, 4.69) is 10.0 Å². The van der Waals surface area contributed by atoms with E-state index in [9.17, 15) is 13.5 Å². The Morgan fingerprint density at radius 1 is 0.878 bits per heavy atom. The lowest BCUT2D eigenvalue weighted by Gasteiger charge is -2.19. The number of ether oxygens (including phenoxy) is 2. The molecule has 0 amide bonds. The molecule has 0 aliphatic heterocycles. The Morgan fingerprint density at radius 3 is 2.44 bits per heavy atom. The summed E-state index contributed by atoms with van der Waals surface area (Å²) in [4.78, 5) is 0. The zero-order valence-corrected chi connectivity index (χ0v) is 23.7. The third-order valence-electron chi connectivity index (χ3n) is 6.58. The fourth-order valence-corrected chi connectivity index (χ4v) is 4.94. The molecule has 0 radical (unpaired) electrons. The number of anilines is 1. The molecular weight excluding hydrogens is 542 g/mol. The van der Waals surface area contributed by atoms with Gasteiger partial charge in [0.15, 0.2) is 0 Å². The van der Waals surface area contributed by atoms with E-state index < -0.39 is 16.3 Å². The van der Waals surface area contributed by atoms with Gasteiger partial charge >= 0.3 is 10.2 Å². The molecule has 1 aromatic heterocycles. The Morgan fingerprint density at radius 2 is 1.63 bits per heavy atom. The first-order valence-corrected chi connectivity index (χ1v) is 14.7. The van der Waals surface area contributed by atoms with Gasteiger partial charge in [-0.1, -0.05) is 54.6 Å². The van der Waals surface area contributed by atoms with Crippen LogP contribution in [0.2, 0.25) is 0 Å². The number of rotatable bonds is 13. The SMILES string of the molecule is CN(C)S(=O)(=O)Nc1cc(C(O)CNCCOc2ccc3c(c2)oc2ccccc23)ccc1OCc1ccccc1. The van der Waals surface area contributed by atoms with Crippen LogP contribution in [0.1, 0.15) is 17.2 Å². The highest BCUT2D eigenvalue weighted by Gasteiger charge is 2.18. The maximum absolute atomic E-state index is 12.6. The van der Waals surface area contributed by atoms with Crippen molar-refractivity contribution in [3.63, 3.8) is 0 Å². The van der Waals surface area contributed by atoms with E-state index in [0.29, 0.717) is 30.2 Å². The van der Waals surface area contributed by atoms with Gasteiger partial charge in [0.05, 0.1) is 11.8 Å². The van der Waals surface area contributed by atoms with Gasteiger partial charge in [-0.05, 0) is 41.5 Å². The van der Waals surface area contributed by atoms with Crippen molar-refractivity contribution in [2.75, 3.05) is 38.5 Å². The summed E-state index contributed by atoms with van der Waals surface area (Å²) in [7, 11) is -0.915. The van der Waals surface area contributed by atoms with Crippen LogP contribution in [0.4, 0.5) is 5.69 Å². The monoisotopic (exact) mass is 575 g/mol. The molecule has 1 heterocycles. The molecule has 1 atom stereocenters. The van der Waals surface area contributed by atoms with Crippen LogP contribution in [-0.4, -0.2) is 51.6 Å². The molecule has 41 heavy (non-hydrogen) atoms. The quantitative estimate of drug-likeness (QED) is 0.168. The van der Waals surface area contributed by atoms with E-state index in [1.54, 1.807) is 18.2 Å². The predicted molar refractivity (Wildman–Crippen MR) is 160 cm³/mol. The Hall–Kier alpha value is -4.09. The van der Waals surface area contributed by atoms with Crippen LogP contribution in [0.5, 0.6) is 11.5 Å². The Labute approximate surface area is 239 Å². The molecule has 0 aliphatic rings. The van der Waals surface area contributed by atoms with Crippen molar-refractivity contribution in [2.45, 2.75) is 12.7 Å². The average molecular weight is 576 g/mol. The number of aliphatic hydroxyl groups is 1. The molecule has 1 unspecified atom stereocenters. The standard InChI is InChI=1S/C31H33N3O6S/c1-34(2)41(36,37)33-27-18-23(12-15-30(27)39-21-22-8-4-3-5-9-22)28(35)20-32-16-17-38-24-13-14-26-25-10-6-7-11-29(25)40-31(26)19-24/h3-15,18-19,28,32-33,35H,16-17,20-21H2,1-2H3. The molecule has 5 rings (SSSR count). The lowest BCUT2D eigenvalue weighted by molar-refractivity contribution is 0.172. The smallest absolute Gasteiger partial charge is 0.301 e. The van der Waals surface area contributed by atoms with Crippen LogP contribution in [0.25, 0.3) is 21.9 Å². The van der Waals surface area contributed by atoms with Crippen molar-refractivity contribution in [3.8, 4) is 11.5 Å². The van der Waals surface area contributed by atoms with Gasteiger partial charge in [0, 0.05) is 44.0 Å². The van der Waals surface area contributed by atoms with Crippen LogP contribution in [0.3, 0.4) is 0 Å². The minimum absolute atomic E-state index is 0.246. The number of hydrogen-bond acceptors (Lipinski definition) is 7. The summed E-state index contributed by atoms with van der Waals surface area (Å²) in [6.45, 7) is 1.40. The molecule has 5 aromatic rings. The molecule has 3 N–H and O–H groups in total. The third-order valence-corrected chi connectivity index (χ3v) is 8.02. The number of aliphatic hydroxyl groups excluding tert-OH is 1. The third kappa shape index (κ3) is 6.98. The summed E-state index contributed by atoms with van der Waals surface area (Å²) < 4.78 is 46.4. The number of para-hydroxylation sites is 1. The van der Waals surface area contributed by atoms with E-state index in [1.165, 1.54) is 14.1 Å². The fraction of sp³-hybridized carbons (Fsp3) is 0.226. The molecule has 9 nitrogen and oxygen atoms in total. The van der Waals surface area contributed by atoms with E-state index in [1.807, 2.05) is 72.8 Å². The highest BCUT2D eigenvalue weighted by atomic mass is 32.2. The largest absolute Gasteiger partial charge is 0.492 e. The predicted octanol–water partition coefficient (Wildman–Crippen LogP) is 5.09. The summed E-state index contributed by atoms with van der Waals surface area (Å²) in [6.07, 6.45) is -0.882. The number of furan rings is 1. The number of benzene rings is 4. The van der Waals surface area contributed by atoms with Crippen molar-refractivity contribution >= 4 is 37.8 Å². The zero-order valence-electron chi connectivity index (χ0n) is 22.9. The van der Waals surface area contributed by atoms with Gasteiger partial charge in [0.2, 0.25) is 0 Å². The molecule has 10 heteroatoms. The summed E-state index contributed by atoms with van der Waals surface area (Å²) in [5.74, 6) is 1.06. The zero-order chi connectivity index (χ0) is 28.8. The molecule has 0 saturated carbocycles. The van der Waals surface area contributed by atoms with Gasteiger partial charge in [-0.25, -0.2) is 0 Å². The van der Waals surface area contributed by atoms with Crippen LogP contribution in [0, 0.1) is 0 Å². The number of fused-ring (bicyclic) bond motifs is 3. The summed E-state index contributed by atoms with van der Waals surface area (Å²) in [6, 6.07) is 28.2. The molecular formula is C31H33N3O6S. The van der Waals surface area contributed by atoms with Crippen LogP contribution in [-0.2, 0) is 16.8 Å². The second-order valence-corrected chi connectivity index (χ2v) is 11.6. The Balaban J connectivity index is 1.18. The van der Waals surface area contributed by atoms with Crippen molar-refractivity contribution < 1.29 is 27.4 Å². The van der Waals surface area contributed by atoms with Gasteiger partial charge in [-0.2, -0.15) is 12.7 Å². The molecule has 0 aliphatic carbocycles. The second kappa shape index (κ2) is 12.6. The van der Waals surface area contributed by atoms with Gasteiger partial charge in [-0.15, -0.1) is 0 Å². The minimum atomic E-state index is -3.79. The van der Waals surface area contributed by atoms with E-state index in [0.717, 1.165) is 31.8 Å². The highest BCUT2D eigenvalue weighted by molar-refractivity contribution is 7.90. The lowest BCUT2D eigenvalue weighted by atomic mass is 10.1. The molecule has 0 bridgehead atoms. The fourth-order valence-electron chi connectivity index (χ4n) is 4.32. The highest BCUT2D eigenvalue weighted by Crippen LogP contribution is 2.32. The first-order valence-electron chi connectivity index (χ1n) is 13.2. The van der Waals surface area contributed by atoms with Crippen LogP contribution >= 0.6 is 0 Å². The summed E-state index contributed by atoms with van der Waals surface area (Å²) in [5, 5.41) is 16.1. The van der Waals surface area contributed by atoms with Crippen molar-refractivity contribution in [2.24, 2.45) is 0 Å². The van der Waals surface area contributed by atoms with Crippen LogP contribution in [0.15, 0.2) is 95.4 Å². The first kappa shape index (κ1) is 28.4. The number of nitrogens with zero attached hydrogens (tertiary/aromatic N) is 1. The average Bonchev–Trinajstić information content (AvgIpc) is 3.34. The Bertz CT molecular complexity index is 1720. The molecule has 4 aromatic carbocycles. The molecule has 0 fully saturated rings. The summed E-state index contributed by atoms with van der Waals surface area (Å²) >= 11 is 0. The summed E-state index contributed by atoms with van der Waals surface area (Å²) in [5.41, 5.74) is 3.34. The Kier molecular flexibility index (Phi) is 8.75. The maximum atomic E-state index is 12.6. The normalized spacial score (nSPS) is 12.6. The van der Waals surface area contributed by atoms with E-state index in [-0.39, 0.29) is 18.8 Å². The molecule has 0 spiro atoms. The van der Waals surface area contributed by atoms with Gasteiger partial charge in [-0.3, -0.25) is 4.72 Å². The maximum Gasteiger partial charge on any atom is 0.301 e. The molecule has 0 saturated heterocycles. The molecule has 214 valence electrons. The number of nitrogens with one attached hydrogen (secondary N) is 2. The van der Waals surface area contributed by atoms with Crippen LogP contribution < -0.4 is 19.5 Å². The number of hydrogen-bond donors (Lipinski definition) is 3. The second-order valence-electron chi connectivity index (χ2n) is 9.74. The topological polar surface area (TPSA) is 113 Å². The lowest BCUT2D eigenvalue weighted by Crippen LogP contribution is -2.29. The van der Waals surface area contributed by atoms with E-state index in [4.69, 9.17) is 13.9 Å². The van der Waals surface area contributed by atoms with Crippen molar-refractivity contribution in [3.05, 3.63) is 102 Å². The minimum Gasteiger partial charge on any atom is -0.492 e. The van der Waals surface area contributed by atoms with Crippen molar-refractivity contribution in [1.29, 1.82) is 0 Å². The van der Waals surface area contributed by atoms with E-state index >= 15 is 0 Å². The van der Waals surface area contributed by atoms with Crippen molar-refractivity contribution in [1.82, 2.24) is 9.62 Å².